The lowest BCUT2D eigenvalue weighted by Crippen LogP contribution is -2.36. The van der Waals surface area contributed by atoms with Crippen LogP contribution in [0.3, 0.4) is 0 Å². The van der Waals surface area contributed by atoms with Crippen LogP contribution in [0.15, 0.2) is 18.2 Å². The Labute approximate surface area is 111 Å². The highest BCUT2D eigenvalue weighted by Gasteiger charge is 2.20. The fourth-order valence-corrected chi connectivity index (χ4v) is 2.24. The highest BCUT2D eigenvalue weighted by Crippen LogP contribution is 2.20. The van der Waals surface area contributed by atoms with Crippen molar-refractivity contribution in [3.8, 4) is 0 Å². The summed E-state index contributed by atoms with van der Waals surface area (Å²) >= 11 is 5.74. The van der Waals surface area contributed by atoms with E-state index in [1.165, 1.54) is 6.07 Å². The smallest absolute Gasteiger partial charge is 0.220 e. The van der Waals surface area contributed by atoms with Crippen LogP contribution in [0, 0.1) is 5.82 Å². The molecule has 1 heterocycles. The summed E-state index contributed by atoms with van der Waals surface area (Å²) < 4.78 is 13.0. The molecular weight excluding hydrogens is 255 g/mol. The lowest BCUT2D eigenvalue weighted by molar-refractivity contribution is -0.119. The summed E-state index contributed by atoms with van der Waals surface area (Å²) in [6.45, 7) is 2.70. The highest BCUT2D eigenvalue weighted by molar-refractivity contribution is 6.30. The fourth-order valence-electron chi connectivity index (χ4n) is 2.05. The first-order valence-corrected chi connectivity index (χ1v) is 6.42. The van der Waals surface area contributed by atoms with E-state index in [2.05, 4.69) is 10.6 Å². The quantitative estimate of drug-likeness (QED) is 0.882. The Balaban J connectivity index is 1.89. The van der Waals surface area contributed by atoms with Crippen molar-refractivity contribution in [1.29, 1.82) is 0 Å². The number of halogens is 2. The van der Waals surface area contributed by atoms with Crippen LogP contribution in [0.25, 0.3) is 0 Å². The maximum atomic E-state index is 13.0. The molecule has 2 atom stereocenters. The van der Waals surface area contributed by atoms with Crippen LogP contribution in [-0.4, -0.2) is 18.5 Å². The van der Waals surface area contributed by atoms with Crippen molar-refractivity contribution in [3.63, 3.8) is 0 Å². The third-order valence-electron chi connectivity index (χ3n) is 3.20. The Kier molecular flexibility index (Phi) is 4.19. The Morgan fingerprint density at radius 3 is 3.00 bits per heavy atom. The van der Waals surface area contributed by atoms with Gasteiger partial charge in [-0.15, -0.1) is 0 Å². The molecule has 2 N–H and O–H groups in total. The summed E-state index contributed by atoms with van der Waals surface area (Å²) in [6.07, 6.45) is 1.46. The zero-order chi connectivity index (χ0) is 13.1. The Morgan fingerprint density at radius 2 is 2.39 bits per heavy atom. The summed E-state index contributed by atoms with van der Waals surface area (Å²) in [5.41, 5.74) is 0.936. The average Bonchev–Trinajstić information content (AvgIpc) is 2.75. The summed E-state index contributed by atoms with van der Waals surface area (Å²) in [7, 11) is 0. The van der Waals surface area contributed by atoms with Gasteiger partial charge in [-0.3, -0.25) is 4.79 Å². The van der Waals surface area contributed by atoms with E-state index < -0.39 is 5.82 Å². The molecule has 3 nitrogen and oxygen atoms in total. The van der Waals surface area contributed by atoms with Crippen molar-refractivity contribution in [2.45, 2.75) is 31.8 Å². The van der Waals surface area contributed by atoms with Crippen LogP contribution >= 0.6 is 11.6 Å². The van der Waals surface area contributed by atoms with Crippen LogP contribution in [0.4, 0.5) is 4.39 Å². The van der Waals surface area contributed by atoms with E-state index in [0.717, 1.165) is 12.0 Å². The van der Waals surface area contributed by atoms with Crippen LogP contribution in [-0.2, 0) is 4.79 Å². The second-order valence-corrected chi connectivity index (χ2v) is 5.01. The minimum Gasteiger partial charge on any atom is -0.352 e. The van der Waals surface area contributed by atoms with Crippen molar-refractivity contribution in [3.05, 3.63) is 34.6 Å². The van der Waals surface area contributed by atoms with Crippen molar-refractivity contribution >= 4 is 17.5 Å². The van der Waals surface area contributed by atoms with Gasteiger partial charge >= 0.3 is 0 Å². The number of hydrogen-bond donors (Lipinski definition) is 2. The van der Waals surface area contributed by atoms with Gasteiger partial charge in [0.2, 0.25) is 5.91 Å². The van der Waals surface area contributed by atoms with Crippen LogP contribution in [0.2, 0.25) is 5.02 Å². The molecule has 1 aliphatic heterocycles. The first kappa shape index (κ1) is 13.3. The monoisotopic (exact) mass is 270 g/mol. The van der Waals surface area contributed by atoms with Gasteiger partial charge in [-0.05, 0) is 31.0 Å². The third-order valence-corrected chi connectivity index (χ3v) is 3.49. The van der Waals surface area contributed by atoms with Gasteiger partial charge in [0.15, 0.2) is 0 Å². The molecule has 0 radical (unpaired) electrons. The van der Waals surface area contributed by atoms with Crippen molar-refractivity contribution in [1.82, 2.24) is 10.6 Å². The number of hydrogen-bond acceptors (Lipinski definition) is 2. The summed E-state index contributed by atoms with van der Waals surface area (Å²) in [5, 5.41) is 6.34. The molecule has 0 aliphatic carbocycles. The summed E-state index contributed by atoms with van der Waals surface area (Å²) in [5.74, 6) is -0.296. The predicted molar refractivity (Wildman–Crippen MR) is 69.0 cm³/mol. The lowest BCUT2D eigenvalue weighted by Gasteiger charge is -2.18. The first-order chi connectivity index (χ1) is 8.56. The predicted octanol–water partition coefficient (Wildman–Crippen LogP) is 2.41. The molecule has 1 amide bonds. The van der Waals surface area contributed by atoms with Crippen molar-refractivity contribution in [2.24, 2.45) is 0 Å². The number of carbonyl (C=O) groups is 1. The molecule has 0 bridgehead atoms. The van der Waals surface area contributed by atoms with E-state index >= 15 is 0 Å². The standard InChI is InChI=1S/C13H16ClFN2O/c1-8(9-2-4-12(15)11(14)6-9)16-7-10-3-5-13(18)17-10/h2,4,6,8,10,16H,3,5,7H2,1H3,(H,17,18). The second-order valence-electron chi connectivity index (χ2n) is 4.61. The van der Waals surface area contributed by atoms with Gasteiger partial charge in [0.1, 0.15) is 5.82 Å². The maximum Gasteiger partial charge on any atom is 0.220 e. The number of nitrogens with one attached hydrogen (secondary N) is 2. The molecule has 1 aromatic carbocycles. The maximum absolute atomic E-state index is 13.0. The topological polar surface area (TPSA) is 41.1 Å². The highest BCUT2D eigenvalue weighted by atomic mass is 35.5. The van der Waals surface area contributed by atoms with Gasteiger partial charge in [0, 0.05) is 25.0 Å². The van der Waals surface area contributed by atoms with Crippen LogP contribution < -0.4 is 10.6 Å². The molecule has 5 heteroatoms. The zero-order valence-corrected chi connectivity index (χ0v) is 10.9. The van der Waals surface area contributed by atoms with E-state index in [0.29, 0.717) is 13.0 Å². The average molecular weight is 271 g/mol. The van der Waals surface area contributed by atoms with Gasteiger partial charge in [0.05, 0.1) is 5.02 Å². The third kappa shape index (κ3) is 3.21. The van der Waals surface area contributed by atoms with E-state index in [1.807, 2.05) is 6.92 Å². The van der Waals surface area contributed by atoms with E-state index in [4.69, 9.17) is 11.6 Å². The van der Waals surface area contributed by atoms with E-state index in [-0.39, 0.29) is 23.0 Å². The molecule has 0 aromatic heterocycles. The van der Waals surface area contributed by atoms with Crippen molar-refractivity contribution in [2.75, 3.05) is 6.54 Å². The van der Waals surface area contributed by atoms with Gasteiger partial charge in [-0.2, -0.15) is 0 Å². The molecular formula is C13H16ClFN2O. The van der Waals surface area contributed by atoms with Gasteiger partial charge in [-0.25, -0.2) is 4.39 Å². The largest absolute Gasteiger partial charge is 0.352 e. The molecule has 18 heavy (non-hydrogen) atoms. The van der Waals surface area contributed by atoms with Gasteiger partial charge in [-0.1, -0.05) is 17.7 Å². The van der Waals surface area contributed by atoms with E-state index in [9.17, 15) is 9.18 Å². The molecule has 0 saturated carbocycles. The van der Waals surface area contributed by atoms with Crippen LogP contribution in [0.5, 0.6) is 0 Å². The number of benzene rings is 1. The van der Waals surface area contributed by atoms with Crippen LogP contribution in [0.1, 0.15) is 31.4 Å². The Morgan fingerprint density at radius 1 is 1.61 bits per heavy atom. The zero-order valence-electron chi connectivity index (χ0n) is 10.2. The first-order valence-electron chi connectivity index (χ1n) is 6.04. The normalized spacial score (nSPS) is 20.8. The minimum absolute atomic E-state index is 0.0700. The molecule has 2 rings (SSSR count). The number of amides is 1. The van der Waals surface area contributed by atoms with Crippen molar-refractivity contribution < 1.29 is 9.18 Å². The number of carbonyl (C=O) groups excluding carboxylic acids is 1. The SMILES string of the molecule is CC(NCC1CCC(=O)N1)c1ccc(F)c(Cl)c1. The second kappa shape index (κ2) is 5.67. The minimum atomic E-state index is -0.407. The molecule has 98 valence electrons. The molecule has 1 aromatic rings. The molecule has 1 saturated heterocycles. The van der Waals surface area contributed by atoms with Gasteiger partial charge < -0.3 is 10.6 Å². The summed E-state index contributed by atoms with van der Waals surface area (Å²) in [6, 6.07) is 4.97. The molecule has 1 aliphatic rings. The Bertz CT molecular complexity index is 453. The lowest BCUT2D eigenvalue weighted by atomic mass is 10.1. The Hall–Kier alpha value is -1.13. The van der Waals surface area contributed by atoms with E-state index in [1.54, 1.807) is 12.1 Å². The molecule has 1 fully saturated rings. The van der Waals surface area contributed by atoms with Gasteiger partial charge in [0.25, 0.3) is 0 Å². The number of rotatable bonds is 4. The molecule has 2 unspecified atom stereocenters. The summed E-state index contributed by atoms with van der Waals surface area (Å²) in [4.78, 5) is 11.1. The molecule has 0 spiro atoms. The fraction of sp³-hybridized carbons (Fsp3) is 0.462.